The molecule has 1 aromatic carbocycles. The molecular weight excluding hydrogens is 495 g/mol. The Morgan fingerprint density at radius 3 is 2.50 bits per heavy atom. The molecule has 2 heterocycles. The molecule has 0 aromatic heterocycles. The van der Waals surface area contributed by atoms with Crippen LogP contribution in [0.5, 0.6) is 0 Å². The van der Waals surface area contributed by atoms with Crippen molar-refractivity contribution < 1.29 is 14.3 Å². The van der Waals surface area contributed by atoms with E-state index < -0.39 is 0 Å². The minimum atomic E-state index is -0.226. The number of nitrogens with zero attached hydrogens (tertiary/aromatic N) is 3. The normalized spacial score (nSPS) is 22.3. The Kier molecular flexibility index (Phi) is 10.2. The van der Waals surface area contributed by atoms with Gasteiger partial charge in [0, 0.05) is 52.3 Å². The lowest BCUT2D eigenvalue weighted by atomic mass is 9.89. The number of carbonyl (C=O) groups excluding carboxylic acids is 1. The van der Waals surface area contributed by atoms with E-state index in [0.717, 1.165) is 45.0 Å². The lowest BCUT2D eigenvalue weighted by Gasteiger charge is -2.37. The molecule has 1 amide bonds. The van der Waals surface area contributed by atoms with E-state index in [2.05, 4.69) is 46.4 Å². The van der Waals surface area contributed by atoms with Crippen molar-refractivity contribution in [1.29, 1.82) is 0 Å². The van der Waals surface area contributed by atoms with E-state index >= 15 is 0 Å². The number of ether oxygens (including phenoxy) is 2. The maximum Gasteiger partial charge on any atom is 0.409 e. The quantitative estimate of drug-likeness (QED) is 0.367. The first-order valence-electron chi connectivity index (χ1n) is 10.7. The second kappa shape index (κ2) is 12.3. The summed E-state index contributed by atoms with van der Waals surface area (Å²) in [4.78, 5) is 20.3. The maximum absolute atomic E-state index is 11.9. The summed E-state index contributed by atoms with van der Waals surface area (Å²) in [6, 6.07) is 8.67. The van der Waals surface area contributed by atoms with Crippen molar-refractivity contribution in [1.82, 2.24) is 15.1 Å². The number of carbonyl (C=O) groups is 1. The van der Waals surface area contributed by atoms with Gasteiger partial charge in [0.2, 0.25) is 0 Å². The summed E-state index contributed by atoms with van der Waals surface area (Å²) in [5.74, 6) is 1.30. The van der Waals surface area contributed by atoms with E-state index in [9.17, 15) is 4.79 Å². The fourth-order valence-corrected chi connectivity index (χ4v) is 4.05. The zero-order valence-corrected chi connectivity index (χ0v) is 20.6. The highest BCUT2D eigenvalue weighted by Crippen LogP contribution is 2.33. The zero-order valence-electron chi connectivity index (χ0n) is 18.3. The van der Waals surface area contributed by atoms with Crippen molar-refractivity contribution >= 4 is 36.0 Å². The minimum absolute atomic E-state index is 0. The third kappa shape index (κ3) is 6.47. The molecule has 0 radical (unpaired) electrons. The van der Waals surface area contributed by atoms with Gasteiger partial charge in [0.1, 0.15) is 0 Å². The number of rotatable bonds is 4. The van der Waals surface area contributed by atoms with Crippen LogP contribution in [0.3, 0.4) is 0 Å². The Morgan fingerprint density at radius 2 is 1.87 bits per heavy atom. The number of benzene rings is 1. The van der Waals surface area contributed by atoms with Gasteiger partial charge in [-0.05, 0) is 32.3 Å². The average Bonchev–Trinajstić information content (AvgIpc) is 2.76. The number of amides is 1. The van der Waals surface area contributed by atoms with Crippen LogP contribution in [0.2, 0.25) is 0 Å². The van der Waals surface area contributed by atoms with Crippen molar-refractivity contribution in [2.75, 3.05) is 53.0 Å². The van der Waals surface area contributed by atoms with Crippen molar-refractivity contribution in [2.45, 2.75) is 32.8 Å². The summed E-state index contributed by atoms with van der Waals surface area (Å²) in [6.07, 6.45) is 2.12. The number of aryl methyl sites for hydroxylation is 1. The lowest BCUT2D eigenvalue weighted by Crippen LogP contribution is -2.54. The summed E-state index contributed by atoms with van der Waals surface area (Å²) >= 11 is 0. The molecule has 2 unspecified atom stereocenters. The fourth-order valence-electron chi connectivity index (χ4n) is 4.05. The van der Waals surface area contributed by atoms with Crippen LogP contribution < -0.4 is 5.32 Å². The van der Waals surface area contributed by atoms with Gasteiger partial charge in [0.15, 0.2) is 5.96 Å². The summed E-state index contributed by atoms with van der Waals surface area (Å²) in [7, 11) is 1.81. The zero-order chi connectivity index (χ0) is 20.6. The summed E-state index contributed by atoms with van der Waals surface area (Å²) in [6.45, 7) is 8.80. The second-order valence-corrected chi connectivity index (χ2v) is 7.71. The number of piperazine rings is 1. The molecule has 2 aliphatic rings. The van der Waals surface area contributed by atoms with Gasteiger partial charge in [-0.1, -0.05) is 29.8 Å². The molecule has 8 heteroatoms. The summed E-state index contributed by atoms with van der Waals surface area (Å²) in [5, 5.41) is 3.55. The maximum atomic E-state index is 11.9. The molecule has 3 rings (SSSR count). The predicted molar refractivity (Wildman–Crippen MR) is 130 cm³/mol. The van der Waals surface area contributed by atoms with E-state index in [4.69, 9.17) is 9.47 Å². The molecule has 2 aliphatic heterocycles. The molecule has 168 valence electrons. The fraction of sp³-hybridized carbons (Fsp3) is 0.636. The molecule has 1 N–H and O–H groups in total. The molecule has 2 saturated heterocycles. The van der Waals surface area contributed by atoms with Crippen LogP contribution in [0, 0.1) is 12.8 Å². The molecule has 1 aromatic rings. The van der Waals surface area contributed by atoms with Crippen molar-refractivity contribution in [2.24, 2.45) is 10.9 Å². The third-order valence-corrected chi connectivity index (χ3v) is 5.69. The van der Waals surface area contributed by atoms with E-state index in [0.29, 0.717) is 25.6 Å². The number of halogens is 1. The number of hydrogen-bond acceptors (Lipinski definition) is 4. The van der Waals surface area contributed by atoms with Gasteiger partial charge in [0.05, 0.1) is 12.7 Å². The number of guanidine groups is 1. The highest BCUT2D eigenvalue weighted by Gasteiger charge is 2.29. The SMILES string of the molecule is CCOC(=O)N1CCN(C(=NC)NCC2CCCOC2c2ccc(C)cc2)CC1.I. The van der Waals surface area contributed by atoms with E-state index in [1.165, 1.54) is 11.1 Å². The largest absolute Gasteiger partial charge is 0.450 e. The first-order chi connectivity index (χ1) is 14.1. The first-order valence-corrected chi connectivity index (χ1v) is 10.7. The molecule has 0 saturated carbocycles. The molecule has 30 heavy (non-hydrogen) atoms. The molecule has 0 aliphatic carbocycles. The Labute approximate surface area is 197 Å². The van der Waals surface area contributed by atoms with Crippen molar-refractivity contribution in [3.05, 3.63) is 35.4 Å². The molecule has 2 atom stereocenters. The van der Waals surface area contributed by atoms with E-state index in [-0.39, 0.29) is 36.2 Å². The topological polar surface area (TPSA) is 66.4 Å². The van der Waals surface area contributed by atoms with Crippen LogP contribution in [-0.2, 0) is 9.47 Å². The highest BCUT2D eigenvalue weighted by atomic mass is 127. The van der Waals surface area contributed by atoms with E-state index in [1.54, 1.807) is 4.90 Å². The predicted octanol–water partition coefficient (Wildman–Crippen LogP) is 3.43. The van der Waals surface area contributed by atoms with Gasteiger partial charge in [0.25, 0.3) is 0 Å². The van der Waals surface area contributed by atoms with Gasteiger partial charge in [-0.2, -0.15) is 0 Å². The van der Waals surface area contributed by atoms with Gasteiger partial charge in [-0.15, -0.1) is 24.0 Å². The lowest BCUT2D eigenvalue weighted by molar-refractivity contribution is -0.0267. The van der Waals surface area contributed by atoms with Crippen LogP contribution in [-0.4, -0.2) is 74.8 Å². The van der Waals surface area contributed by atoms with Gasteiger partial charge >= 0.3 is 6.09 Å². The Hall–Kier alpha value is -1.55. The Balaban J connectivity index is 0.00000320. The van der Waals surface area contributed by atoms with Crippen LogP contribution in [0.25, 0.3) is 0 Å². The Bertz CT molecular complexity index is 690. The average molecular weight is 530 g/mol. The standard InChI is InChI=1S/C22H34N4O3.HI/c1-4-28-22(27)26-13-11-25(12-14-26)21(23-3)24-16-19-6-5-15-29-20(19)18-9-7-17(2)8-10-18;/h7-10,19-20H,4-6,11-16H2,1-3H3,(H,23,24);1H. The van der Waals surface area contributed by atoms with Crippen LogP contribution in [0.15, 0.2) is 29.3 Å². The van der Waals surface area contributed by atoms with E-state index in [1.807, 2.05) is 14.0 Å². The van der Waals surface area contributed by atoms with Crippen LogP contribution in [0.4, 0.5) is 4.79 Å². The minimum Gasteiger partial charge on any atom is -0.450 e. The highest BCUT2D eigenvalue weighted by molar-refractivity contribution is 14.0. The first kappa shape index (κ1) is 24.7. The Morgan fingerprint density at radius 1 is 1.20 bits per heavy atom. The monoisotopic (exact) mass is 530 g/mol. The van der Waals surface area contributed by atoms with Gasteiger partial charge < -0.3 is 24.6 Å². The summed E-state index contributed by atoms with van der Waals surface area (Å²) < 4.78 is 11.2. The van der Waals surface area contributed by atoms with Gasteiger partial charge in [-0.25, -0.2) is 4.79 Å². The van der Waals surface area contributed by atoms with Crippen LogP contribution in [0.1, 0.15) is 37.0 Å². The molecule has 0 spiro atoms. The molecule has 7 nitrogen and oxygen atoms in total. The van der Waals surface area contributed by atoms with Gasteiger partial charge in [-0.3, -0.25) is 4.99 Å². The smallest absolute Gasteiger partial charge is 0.409 e. The number of nitrogens with one attached hydrogen (secondary N) is 1. The van der Waals surface area contributed by atoms with Crippen molar-refractivity contribution in [3.8, 4) is 0 Å². The summed E-state index contributed by atoms with van der Waals surface area (Å²) in [5.41, 5.74) is 2.52. The molecular formula is C22H35IN4O3. The van der Waals surface area contributed by atoms with Crippen molar-refractivity contribution in [3.63, 3.8) is 0 Å². The number of hydrogen-bond donors (Lipinski definition) is 1. The third-order valence-electron chi connectivity index (χ3n) is 5.69. The van der Waals surface area contributed by atoms with Crippen LogP contribution >= 0.6 is 24.0 Å². The second-order valence-electron chi connectivity index (χ2n) is 7.71. The number of aliphatic imine (C=N–C) groups is 1. The molecule has 2 fully saturated rings. The molecule has 0 bridgehead atoms.